The molecule has 2 N–H and O–H groups in total. The van der Waals surface area contributed by atoms with Crippen LogP contribution in [0.3, 0.4) is 0 Å². The molecule has 5 heteroatoms. The molecule has 0 saturated heterocycles. The molecule has 1 aromatic heterocycles. The molecule has 4 nitrogen and oxygen atoms in total. The van der Waals surface area contributed by atoms with Crippen molar-refractivity contribution >= 4 is 15.9 Å². The van der Waals surface area contributed by atoms with Crippen LogP contribution in [0.25, 0.3) is 0 Å². The van der Waals surface area contributed by atoms with Gasteiger partial charge in [-0.25, -0.2) is 4.68 Å². The summed E-state index contributed by atoms with van der Waals surface area (Å²) in [4.78, 5) is 0. The molecule has 2 rings (SSSR count). The first-order valence-corrected chi connectivity index (χ1v) is 6.30. The summed E-state index contributed by atoms with van der Waals surface area (Å²) >= 11 is 3.41. The predicted molar refractivity (Wildman–Crippen MR) is 62.2 cm³/mol. The molecule has 1 aliphatic rings. The van der Waals surface area contributed by atoms with Gasteiger partial charge in [0.1, 0.15) is 0 Å². The van der Waals surface area contributed by atoms with Crippen LogP contribution in [0.1, 0.15) is 43.8 Å². The number of nitrogens with two attached hydrogens (primary N) is 1. The summed E-state index contributed by atoms with van der Waals surface area (Å²) in [6.07, 6.45) is 6.44. The maximum Gasteiger partial charge on any atom is 0.153 e. The minimum absolute atomic E-state index is 0.0691. The fourth-order valence-electron chi connectivity index (χ4n) is 2.41. The van der Waals surface area contributed by atoms with Gasteiger partial charge in [0, 0.05) is 7.05 Å². The molecule has 1 heterocycles. The Kier molecular flexibility index (Phi) is 3.41. The molecule has 0 bridgehead atoms. The van der Waals surface area contributed by atoms with Gasteiger partial charge in [-0.05, 0) is 34.7 Å². The van der Waals surface area contributed by atoms with Crippen LogP contribution < -0.4 is 5.73 Å². The van der Waals surface area contributed by atoms with E-state index in [0.29, 0.717) is 5.92 Å². The highest BCUT2D eigenvalue weighted by molar-refractivity contribution is 9.10. The zero-order chi connectivity index (χ0) is 10.8. The Morgan fingerprint density at radius 1 is 1.40 bits per heavy atom. The van der Waals surface area contributed by atoms with E-state index >= 15 is 0 Å². The summed E-state index contributed by atoms with van der Waals surface area (Å²) in [7, 11) is 1.90. The molecule has 1 saturated carbocycles. The Balaban J connectivity index is 2.15. The molecule has 0 aromatic carbocycles. The first kappa shape index (κ1) is 11.1. The minimum Gasteiger partial charge on any atom is -0.322 e. The van der Waals surface area contributed by atoms with Gasteiger partial charge in [-0.3, -0.25) is 0 Å². The highest BCUT2D eigenvalue weighted by Gasteiger charge is 2.26. The molecule has 1 aromatic rings. The monoisotopic (exact) mass is 272 g/mol. The number of rotatable bonds is 2. The van der Waals surface area contributed by atoms with Crippen LogP contribution in [0, 0.1) is 5.92 Å². The van der Waals surface area contributed by atoms with Gasteiger partial charge in [0.25, 0.3) is 0 Å². The number of hydrogen-bond acceptors (Lipinski definition) is 3. The fraction of sp³-hybridized carbons (Fsp3) is 0.800. The second-order valence-corrected chi connectivity index (χ2v) is 5.06. The quantitative estimate of drug-likeness (QED) is 0.898. The van der Waals surface area contributed by atoms with Crippen LogP contribution >= 0.6 is 15.9 Å². The minimum atomic E-state index is 0.0691. The van der Waals surface area contributed by atoms with Crippen LogP contribution in [0.15, 0.2) is 4.60 Å². The standard InChI is InChI=1S/C10H17BrN4/c1-15-9(10(11)13-14-15)8(12)7-5-3-2-4-6-7/h7-8H,2-6,12H2,1H3. The summed E-state index contributed by atoms with van der Waals surface area (Å²) in [6.45, 7) is 0. The van der Waals surface area contributed by atoms with E-state index in [1.807, 2.05) is 7.05 Å². The third-order valence-electron chi connectivity index (χ3n) is 3.30. The third kappa shape index (κ3) is 2.23. The van der Waals surface area contributed by atoms with Crippen LogP contribution in [0.4, 0.5) is 0 Å². The highest BCUT2D eigenvalue weighted by atomic mass is 79.9. The van der Waals surface area contributed by atoms with Gasteiger partial charge in [0.05, 0.1) is 11.7 Å². The van der Waals surface area contributed by atoms with Gasteiger partial charge in [0.15, 0.2) is 4.60 Å². The molecule has 1 aliphatic carbocycles. The van der Waals surface area contributed by atoms with Crippen molar-refractivity contribution < 1.29 is 0 Å². The Labute approximate surface area is 98.3 Å². The van der Waals surface area contributed by atoms with Gasteiger partial charge in [-0.1, -0.05) is 24.5 Å². The molecule has 0 spiro atoms. The SMILES string of the molecule is Cn1nnc(Br)c1C(N)C1CCCCC1. The fourth-order valence-corrected chi connectivity index (χ4v) is 3.00. The first-order chi connectivity index (χ1) is 7.20. The van der Waals surface area contributed by atoms with E-state index in [-0.39, 0.29) is 6.04 Å². The maximum atomic E-state index is 6.28. The zero-order valence-corrected chi connectivity index (χ0v) is 10.6. The van der Waals surface area contributed by atoms with E-state index in [4.69, 9.17) is 5.73 Å². The summed E-state index contributed by atoms with van der Waals surface area (Å²) in [5.74, 6) is 0.590. The zero-order valence-electron chi connectivity index (χ0n) is 8.99. The summed E-state index contributed by atoms with van der Waals surface area (Å²) < 4.78 is 2.58. The molecule has 1 fully saturated rings. The predicted octanol–water partition coefficient (Wildman–Crippen LogP) is 2.16. The van der Waals surface area contributed by atoms with E-state index in [9.17, 15) is 0 Å². The number of hydrogen-bond donors (Lipinski definition) is 1. The van der Waals surface area contributed by atoms with Crippen molar-refractivity contribution in [1.29, 1.82) is 0 Å². The molecule has 84 valence electrons. The molecule has 0 amide bonds. The third-order valence-corrected chi connectivity index (χ3v) is 3.86. The number of nitrogens with zero attached hydrogens (tertiary/aromatic N) is 3. The lowest BCUT2D eigenvalue weighted by Gasteiger charge is -2.27. The van der Waals surface area contributed by atoms with Gasteiger partial charge in [-0.15, -0.1) is 5.10 Å². The molecule has 1 unspecified atom stereocenters. The summed E-state index contributed by atoms with van der Waals surface area (Å²) in [6, 6.07) is 0.0691. The van der Waals surface area contributed by atoms with Crippen molar-refractivity contribution in [2.24, 2.45) is 18.7 Å². The van der Waals surface area contributed by atoms with Gasteiger partial charge in [0.2, 0.25) is 0 Å². The average molecular weight is 273 g/mol. The van der Waals surface area contributed by atoms with Crippen molar-refractivity contribution in [3.05, 3.63) is 10.3 Å². The summed E-state index contributed by atoms with van der Waals surface area (Å²) in [5, 5.41) is 7.95. The van der Waals surface area contributed by atoms with Crippen molar-refractivity contribution in [3.8, 4) is 0 Å². The highest BCUT2D eigenvalue weighted by Crippen LogP contribution is 2.34. The maximum absolute atomic E-state index is 6.28. The lowest BCUT2D eigenvalue weighted by atomic mass is 9.83. The number of aryl methyl sites for hydroxylation is 1. The number of aromatic nitrogens is 3. The molecule has 0 aliphatic heterocycles. The van der Waals surface area contributed by atoms with Crippen LogP contribution in [-0.2, 0) is 7.05 Å². The van der Waals surface area contributed by atoms with Crippen LogP contribution in [0.5, 0.6) is 0 Å². The largest absolute Gasteiger partial charge is 0.322 e. The molecule has 0 radical (unpaired) electrons. The van der Waals surface area contributed by atoms with Crippen LogP contribution in [0.2, 0.25) is 0 Å². The lowest BCUT2D eigenvalue weighted by Crippen LogP contribution is -2.26. The normalized spacial score (nSPS) is 20.5. The van der Waals surface area contributed by atoms with Crippen molar-refractivity contribution in [3.63, 3.8) is 0 Å². The smallest absolute Gasteiger partial charge is 0.153 e. The Morgan fingerprint density at radius 3 is 2.60 bits per heavy atom. The Bertz CT molecular complexity index is 311. The van der Waals surface area contributed by atoms with E-state index in [2.05, 4.69) is 26.2 Å². The van der Waals surface area contributed by atoms with E-state index in [1.54, 1.807) is 4.68 Å². The van der Waals surface area contributed by atoms with E-state index in [0.717, 1.165) is 10.3 Å². The van der Waals surface area contributed by atoms with Gasteiger partial charge < -0.3 is 5.73 Å². The molecular weight excluding hydrogens is 256 g/mol. The summed E-state index contributed by atoms with van der Waals surface area (Å²) in [5.41, 5.74) is 7.31. The first-order valence-electron chi connectivity index (χ1n) is 5.51. The lowest BCUT2D eigenvalue weighted by molar-refractivity contribution is 0.299. The Hall–Kier alpha value is -0.420. The van der Waals surface area contributed by atoms with Crippen molar-refractivity contribution in [1.82, 2.24) is 15.0 Å². The topological polar surface area (TPSA) is 56.7 Å². The molecular formula is C10H17BrN4. The van der Waals surface area contributed by atoms with Gasteiger partial charge in [-0.2, -0.15) is 0 Å². The van der Waals surface area contributed by atoms with E-state index in [1.165, 1.54) is 32.1 Å². The van der Waals surface area contributed by atoms with Crippen LogP contribution in [-0.4, -0.2) is 15.0 Å². The molecule has 15 heavy (non-hydrogen) atoms. The second-order valence-electron chi connectivity index (χ2n) is 4.31. The number of halogens is 1. The van der Waals surface area contributed by atoms with Gasteiger partial charge >= 0.3 is 0 Å². The van der Waals surface area contributed by atoms with E-state index < -0.39 is 0 Å². The second kappa shape index (κ2) is 4.61. The average Bonchev–Trinajstić information content (AvgIpc) is 2.59. The van der Waals surface area contributed by atoms with Crippen molar-refractivity contribution in [2.45, 2.75) is 38.1 Å². The Morgan fingerprint density at radius 2 is 2.07 bits per heavy atom. The van der Waals surface area contributed by atoms with Crippen molar-refractivity contribution in [2.75, 3.05) is 0 Å². The molecule has 1 atom stereocenters.